The summed E-state index contributed by atoms with van der Waals surface area (Å²) in [6.45, 7) is 8.04. The van der Waals surface area contributed by atoms with E-state index in [4.69, 9.17) is 5.73 Å². The number of hydrogen-bond acceptors (Lipinski definition) is 3. The number of carbonyl (C=O) groups excluding carboxylic acids is 1. The molecule has 1 atom stereocenters. The lowest BCUT2D eigenvalue weighted by atomic mass is 9.95. The number of rotatable bonds is 3. The molecule has 1 aliphatic rings. The van der Waals surface area contributed by atoms with E-state index in [-0.39, 0.29) is 11.8 Å². The van der Waals surface area contributed by atoms with Crippen LogP contribution in [0, 0.1) is 5.92 Å². The predicted molar refractivity (Wildman–Crippen MR) is 81.7 cm³/mol. The van der Waals surface area contributed by atoms with Gasteiger partial charge in [-0.25, -0.2) is 4.98 Å². The van der Waals surface area contributed by atoms with Crippen molar-refractivity contribution in [3.8, 4) is 0 Å². The Hall–Kier alpha value is -1.58. The van der Waals surface area contributed by atoms with Crippen LogP contribution in [0.3, 0.4) is 0 Å². The first-order valence-corrected chi connectivity index (χ1v) is 7.58. The van der Waals surface area contributed by atoms with Crippen LogP contribution in [0.15, 0.2) is 12.1 Å². The number of nitrogens with two attached hydrogens (primary N) is 1. The minimum Gasteiger partial charge on any atom is -0.384 e. The fraction of sp³-hybridized carbons (Fsp3) is 0.625. The molecule has 4 nitrogen and oxygen atoms in total. The summed E-state index contributed by atoms with van der Waals surface area (Å²) in [6, 6.07) is 3.59. The Kier molecular flexibility index (Phi) is 4.63. The van der Waals surface area contributed by atoms with Crippen molar-refractivity contribution in [3.63, 3.8) is 0 Å². The molecule has 1 fully saturated rings. The lowest BCUT2D eigenvalue weighted by molar-refractivity contribution is 0.0671. The summed E-state index contributed by atoms with van der Waals surface area (Å²) in [5.41, 5.74) is 7.40. The first-order valence-electron chi connectivity index (χ1n) is 7.58. The van der Waals surface area contributed by atoms with Gasteiger partial charge in [0.15, 0.2) is 0 Å². The van der Waals surface area contributed by atoms with Gasteiger partial charge >= 0.3 is 0 Å². The highest BCUT2D eigenvalue weighted by molar-refractivity contribution is 5.95. The van der Waals surface area contributed by atoms with Crippen LogP contribution in [-0.2, 0) is 0 Å². The van der Waals surface area contributed by atoms with Crippen molar-refractivity contribution in [2.24, 2.45) is 5.92 Å². The van der Waals surface area contributed by atoms with Gasteiger partial charge in [0, 0.05) is 24.3 Å². The minimum atomic E-state index is 0.0964. The molecule has 1 aromatic rings. The maximum atomic E-state index is 12.6. The Balaban J connectivity index is 2.20. The number of likely N-dealkylation sites (tertiary alicyclic amines) is 1. The number of aromatic nitrogens is 1. The van der Waals surface area contributed by atoms with Crippen LogP contribution in [-0.4, -0.2) is 28.9 Å². The molecule has 1 aliphatic heterocycles. The van der Waals surface area contributed by atoms with Crippen LogP contribution >= 0.6 is 0 Å². The summed E-state index contributed by atoms with van der Waals surface area (Å²) in [7, 11) is 0. The van der Waals surface area contributed by atoms with Gasteiger partial charge in [0.1, 0.15) is 5.82 Å². The summed E-state index contributed by atoms with van der Waals surface area (Å²) < 4.78 is 0. The molecule has 110 valence electrons. The lowest BCUT2D eigenvalue weighted by Crippen LogP contribution is -2.39. The van der Waals surface area contributed by atoms with Gasteiger partial charge in [0.05, 0.1) is 0 Å². The molecule has 1 unspecified atom stereocenters. The zero-order valence-electron chi connectivity index (χ0n) is 12.7. The summed E-state index contributed by atoms with van der Waals surface area (Å²) >= 11 is 0. The molecule has 1 aromatic heterocycles. The van der Waals surface area contributed by atoms with Crippen LogP contribution < -0.4 is 5.73 Å². The van der Waals surface area contributed by atoms with Gasteiger partial charge in [-0.2, -0.15) is 0 Å². The molecule has 0 aromatic carbocycles. The van der Waals surface area contributed by atoms with E-state index in [1.165, 1.54) is 6.42 Å². The van der Waals surface area contributed by atoms with Gasteiger partial charge in [-0.1, -0.05) is 27.2 Å². The van der Waals surface area contributed by atoms with E-state index in [0.717, 1.165) is 31.6 Å². The number of piperidine rings is 1. The highest BCUT2D eigenvalue weighted by atomic mass is 16.2. The van der Waals surface area contributed by atoms with Crippen molar-refractivity contribution >= 4 is 11.7 Å². The zero-order valence-corrected chi connectivity index (χ0v) is 12.7. The highest BCUT2D eigenvalue weighted by Gasteiger charge is 2.24. The van der Waals surface area contributed by atoms with E-state index in [1.54, 1.807) is 6.07 Å². The maximum Gasteiger partial charge on any atom is 0.254 e. The molecule has 20 heavy (non-hydrogen) atoms. The zero-order chi connectivity index (χ0) is 14.7. The summed E-state index contributed by atoms with van der Waals surface area (Å²) in [5, 5.41) is 0. The van der Waals surface area contributed by atoms with Gasteiger partial charge in [-0.3, -0.25) is 4.79 Å². The van der Waals surface area contributed by atoms with Crippen molar-refractivity contribution in [1.82, 2.24) is 9.88 Å². The molecule has 0 radical (unpaired) electrons. The van der Waals surface area contributed by atoms with Crippen molar-refractivity contribution < 1.29 is 4.79 Å². The summed E-state index contributed by atoms with van der Waals surface area (Å²) in [6.07, 6.45) is 3.47. The molecule has 0 saturated carbocycles. The Morgan fingerprint density at radius 1 is 1.50 bits per heavy atom. The third kappa shape index (κ3) is 3.30. The molecule has 4 heteroatoms. The first-order chi connectivity index (χ1) is 9.51. The van der Waals surface area contributed by atoms with Gasteiger partial charge in [0.2, 0.25) is 0 Å². The van der Waals surface area contributed by atoms with Gasteiger partial charge in [-0.15, -0.1) is 0 Å². The van der Waals surface area contributed by atoms with Crippen LogP contribution in [0.25, 0.3) is 0 Å². The van der Waals surface area contributed by atoms with Crippen molar-refractivity contribution in [1.29, 1.82) is 0 Å². The quantitative estimate of drug-likeness (QED) is 0.922. The van der Waals surface area contributed by atoms with Gasteiger partial charge in [0.25, 0.3) is 5.91 Å². The molecule has 2 N–H and O–H groups in total. The number of pyridine rings is 1. The first kappa shape index (κ1) is 14.8. The highest BCUT2D eigenvalue weighted by Crippen LogP contribution is 2.22. The van der Waals surface area contributed by atoms with E-state index >= 15 is 0 Å². The maximum absolute atomic E-state index is 12.6. The van der Waals surface area contributed by atoms with Gasteiger partial charge < -0.3 is 10.6 Å². The van der Waals surface area contributed by atoms with Crippen LogP contribution in [0.1, 0.15) is 62.0 Å². The second-order valence-electron chi connectivity index (χ2n) is 6.03. The van der Waals surface area contributed by atoms with E-state index in [9.17, 15) is 4.79 Å². The van der Waals surface area contributed by atoms with E-state index in [1.807, 2.05) is 11.0 Å². The fourth-order valence-electron chi connectivity index (χ4n) is 2.76. The van der Waals surface area contributed by atoms with E-state index < -0.39 is 0 Å². The number of nitrogens with zero attached hydrogens (tertiary/aromatic N) is 2. The molecule has 0 aliphatic carbocycles. The second-order valence-corrected chi connectivity index (χ2v) is 6.03. The molecule has 2 rings (SSSR count). The third-order valence-corrected chi connectivity index (χ3v) is 4.09. The summed E-state index contributed by atoms with van der Waals surface area (Å²) in [5.74, 6) is 1.44. The fourth-order valence-corrected chi connectivity index (χ4v) is 2.76. The summed E-state index contributed by atoms with van der Waals surface area (Å²) in [4.78, 5) is 18.9. The molecular formula is C16H25N3O. The number of hydrogen-bond donors (Lipinski definition) is 1. The number of carbonyl (C=O) groups is 1. The molecule has 1 amide bonds. The number of nitrogen functional groups attached to an aromatic ring is 1. The van der Waals surface area contributed by atoms with E-state index in [0.29, 0.717) is 17.3 Å². The average Bonchev–Trinajstić information content (AvgIpc) is 2.45. The van der Waals surface area contributed by atoms with Crippen molar-refractivity contribution in [2.75, 3.05) is 18.8 Å². The Labute approximate surface area is 121 Å². The SMILES string of the molecule is CCC1CCCN(C(=O)c2cc(N)nc(C(C)C)c2)C1. The molecule has 0 spiro atoms. The molecule has 0 bridgehead atoms. The van der Waals surface area contributed by atoms with Crippen LogP contribution in [0.2, 0.25) is 0 Å². The second kappa shape index (κ2) is 6.25. The normalized spacial score (nSPS) is 19.4. The van der Waals surface area contributed by atoms with Gasteiger partial charge in [-0.05, 0) is 36.8 Å². The lowest BCUT2D eigenvalue weighted by Gasteiger charge is -2.32. The smallest absolute Gasteiger partial charge is 0.254 e. The van der Waals surface area contributed by atoms with Crippen molar-refractivity contribution in [3.05, 3.63) is 23.4 Å². The molecule has 1 saturated heterocycles. The minimum absolute atomic E-state index is 0.0964. The Morgan fingerprint density at radius 2 is 2.25 bits per heavy atom. The predicted octanol–water partition coefficient (Wildman–Crippen LogP) is 3.05. The Morgan fingerprint density at radius 3 is 2.90 bits per heavy atom. The topological polar surface area (TPSA) is 59.2 Å². The number of anilines is 1. The average molecular weight is 275 g/mol. The number of amides is 1. The monoisotopic (exact) mass is 275 g/mol. The van der Waals surface area contributed by atoms with Crippen LogP contribution in [0.5, 0.6) is 0 Å². The van der Waals surface area contributed by atoms with Crippen molar-refractivity contribution in [2.45, 2.75) is 46.0 Å². The van der Waals surface area contributed by atoms with Crippen LogP contribution in [0.4, 0.5) is 5.82 Å². The Bertz CT molecular complexity index is 485. The van der Waals surface area contributed by atoms with E-state index in [2.05, 4.69) is 25.8 Å². The largest absolute Gasteiger partial charge is 0.384 e. The molecule has 2 heterocycles. The molecular weight excluding hydrogens is 250 g/mol. The third-order valence-electron chi connectivity index (χ3n) is 4.09. The standard InChI is InChI=1S/C16H25N3O/c1-4-12-6-5-7-19(10-12)16(20)13-8-14(11(2)3)18-15(17)9-13/h8-9,11-12H,4-7,10H2,1-3H3,(H2,17,18).